The van der Waals surface area contributed by atoms with E-state index in [-0.39, 0.29) is 23.6 Å². The van der Waals surface area contributed by atoms with Gasteiger partial charge in [0.1, 0.15) is 11.9 Å². The number of halogens is 3. The molecule has 3 atom stereocenters. The third-order valence-corrected chi connectivity index (χ3v) is 9.05. The highest BCUT2D eigenvalue weighted by atomic mass is 19.2. The van der Waals surface area contributed by atoms with Gasteiger partial charge in [-0.15, -0.1) is 0 Å². The van der Waals surface area contributed by atoms with Gasteiger partial charge in [0.25, 0.3) is 0 Å². The molecule has 42 heavy (non-hydrogen) atoms. The van der Waals surface area contributed by atoms with Gasteiger partial charge in [-0.25, -0.2) is 13.2 Å². The standard InChI is InChI=1S/C33H41F3N4O2/c1-4-40-31(17-27(37-40)14-22-8-9-29(35)30(36)15-22)23-10-12-38(13-11-23)18-25-19-39(32(21(2)3)33(41)42)20-28(25)24-6-5-7-26(34)16-24/h5-9,15-17,21,23,25,28,32H,4,10-14,18-20H2,1-3H3,(H,41,42)/t25-,28+,32+/m0/s1. The maximum absolute atomic E-state index is 14.2. The van der Waals surface area contributed by atoms with Gasteiger partial charge in [0, 0.05) is 50.1 Å². The molecule has 0 aliphatic carbocycles. The molecule has 0 unspecified atom stereocenters. The van der Waals surface area contributed by atoms with Crippen molar-refractivity contribution in [1.29, 1.82) is 0 Å². The van der Waals surface area contributed by atoms with Crippen molar-refractivity contribution < 1.29 is 23.1 Å². The first kappa shape index (κ1) is 30.3. The molecule has 3 aromatic rings. The quantitative estimate of drug-likeness (QED) is 0.322. The Kier molecular flexibility index (Phi) is 9.38. The van der Waals surface area contributed by atoms with Gasteiger partial charge in [0.15, 0.2) is 11.6 Å². The third-order valence-electron chi connectivity index (χ3n) is 9.05. The van der Waals surface area contributed by atoms with Crippen LogP contribution in [0.1, 0.15) is 68.0 Å². The van der Waals surface area contributed by atoms with E-state index in [1.54, 1.807) is 18.2 Å². The van der Waals surface area contributed by atoms with Crippen LogP contribution >= 0.6 is 0 Å². The van der Waals surface area contributed by atoms with Gasteiger partial charge in [0.05, 0.1) is 5.69 Å². The molecule has 0 saturated carbocycles. The van der Waals surface area contributed by atoms with E-state index >= 15 is 0 Å². The normalized spacial score (nSPS) is 21.3. The van der Waals surface area contributed by atoms with Crippen molar-refractivity contribution in [2.24, 2.45) is 11.8 Å². The molecule has 2 aliphatic heterocycles. The SMILES string of the molecule is CCn1nc(Cc2ccc(F)c(F)c2)cc1C1CCN(C[C@H]2CN([C@@H](C(=O)O)C(C)C)C[C@@H]2c2cccc(F)c2)CC1. The van der Waals surface area contributed by atoms with E-state index in [1.807, 2.05) is 24.6 Å². The zero-order valence-electron chi connectivity index (χ0n) is 24.6. The second kappa shape index (κ2) is 13.0. The lowest BCUT2D eigenvalue weighted by Gasteiger charge is -2.35. The molecular formula is C33H41F3N4O2. The van der Waals surface area contributed by atoms with E-state index in [4.69, 9.17) is 5.10 Å². The summed E-state index contributed by atoms with van der Waals surface area (Å²) in [5.74, 6) is -2.17. The number of likely N-dealkylation sites (tertiary alicyclic amines) is 2. The lowest BCUT2D eigenvalue weighted by molar-refractivity contribution is -0.144. The average molecular weight is 583 g/mol. The van der Waals surface area contributed by atoms with Crippen LogP contribution in [0.2, 0.25) is 0 Å². The second-order valence-corrected chi connectivity index (χ2v) is 12.3. The molecule has 0 amide bonds. The molecule has 5 rings (SSSR count). The fourth-order valence-electron chi connectivity index (χ4n) is 7.05. The highest BCUT2D eigenvalue weighted by Gasteiger charge is 2.41. The fourth-order valence-corrected chi connectivity index (χ4v) is 7.05. The van der Waals surface area contributed by atoms with Crippen LogP contribution in [-0.4, -0.2) is 69.4 Å². The van der Waals surface area contributed by atoms with Gasteiger partial charge in [-0.05, 0) is 86.1 Å². The zero-order valence-corrected chi connectivity index (χ0v) is 24.6. The number of carboxylic acid groups (broad SMARTS) is 1. The summed E-state index contributed by atoms with van der Waals surface area (Å²) in [6, 6.07) is 12.3. The number of hydrogen-bond donors (Lipinski definition) is 1. The first-order chi connectivity index (χ1) is 20.1. The molecule has 0 radical (unpaired) electrons. The molecular weight excluding hydrogens is 541 g/mol. The Morgan fingerprint density at radius 3 is 2.43 bits per heavy atom. The van der Waals surface area contributed by atoms with Gasteiger partial charge >= 0.3 is 5.97 Å². The van der Waals surface area contributed by atoms with Gasteiger partial charge in [-0.1, -0.05) is 32.0 Å². The number of carboxylic acids is 1. The fraction of sp³-hybridized carbons (Fsp3) is 0.515. The van der Waals surface area contributed by atoms with E-state index in [2.05, 4.69) is 22.8 Å². The summed E-state index contributed by atoms with van der Waals surface area (Å²) in [4.78, 5) is 16.7. The van der Waals surface area contributed by atoms with E-state index < -0.39 is 23.6 Å². The predicted octanol–water partition coefficient (Wildman–Crippen LogP) is 5.92. The Balaban J connectivity index is 1.26. The lowest BCUT2D eigenvalue weighted by atomic mass is 9.87. The maximum atomic E-state index is 14.2. The number of carbonyl (C=O) groups is 1. The summed E-state index contributed by atoms with van der Waals surface area (Å²) in [5.41, 5.74) is 3.66. The number of piperidine rings is 1. The summed E-state index contributed by atoms with van der Waals surface area (Å²) >= 11 is 0. The summed E-state index contributed by atoms with van der Waals surface area (Å²) in [6.45, 7) is 10.6. The van der Waals surface area contributed by atoms with Gasteiger partial charge < -0.3 is 10.0 Å². The molecule has 2 fully saturated rings. The maximum Gasteiger partial charge on any atom is 0.321 e. The molecule has 3 heterocycles. The number of aromatic nitrogens is 2. The molecule has 2 saturated heterocycles. The minimum atomic E-state index is -0.848. The van der Waals surface area contributed by atoms with Crippen LogP contribution in [0.3, 0.4) is 0 Å². The number of rotatable bonds is 10. The highest BCUT2D eigenvalue weighted by molar-refractivity contribution is 5.73. The second-order valence-electron chi connectivity index (χ2n) is 12.3. The first-order valence-electron chi connectivity index (χ1n) is 15.1. The van der Waals surface area contributed by atoms with Crippen LogP contribution < -0.4 is 0 Å². The van der Waals surface area contributed by atoms with Crippen LogP contribution in [-0.2, 0) is 17.8 Å². The third kappa shape index (κ3) is 6.73. The van der Waals surface area contributed by atoms with Crippen molar-refractivity contribution in [3.8, 4) is 0 Å². The molecule has 6 nitrogen and oxygen atoms in total. The lowest BCUT2D eigenvalue weighted by Crippen LogP contribution is -2.44. The van der Waals surface area contributed by atoms with Gasteiger partial charge in [0.2, 0.25) is 0 Å². The summed E-state index contributed by atoms with van der Waals surface area (Å²) in [5, 5.41) is 14.7. The summed E-state index contributed by atoms with van der Waals surface area (Å²) in [7, 11) is 0. The van der Waals surface area contributed by atoms with Crippen molar-refractivity contribution in [2.45, 2.75) is 64.5 Å². The zero-order chi connectivity index (χ0) is 30.0. The number of aryl methyl sites for hydroxylation is 1. The Labute approximate surface area is 246 Å². The molecule has 2 aromatic carbocycles. The van der Waals surface area contributed by atoms with Gasteiger partial charge in [-0.2, -0.15) is 5.10 Å². The molecule has 1 N–H and O–H groups in total. The largest absolute Gasteiger partial charge is 0.480 e. The summed E-state index contributed by atoms with van der Waals surface area (Å²) < 4.78 is 43.3. The van der Waals surface area contributed by atoms with Crippen molar-refractivity contribution >= 4 is 5.97 Å². The smallest absolute Gasteiger partial charge is 0.321 e. The monoisotopic (exact) mass is 582 g/mol. The Morgan fingerprint density at radius 2 is 1.79 bits per heavy atom. The Morgan fingerprint density at radius 1 is 1.02 bits per heavy atom. The van der Waals surface area contributed by atoms with Crippen LogP contribution in [0, 0.1) is 29.3 Å². The van der Waals surface area contributed by atoms with Crippen LogP contribution in [0.4, 0.5) is 13.2 Å². The van der Waals surface area contributed by atoms with Crippen molar-refractivity contribution in [2.75, 3.05) is 32.7 Å². The van der Waals surface area contributed by atoms with E-state index in [1.165, 1.54) is 17.8 Å². The number of aliphatic carboxylic acids is 1. The topological polar surface area (TPSA) is 61.6 Å². The molecule has 226 valence electrons. The van der Waals surface area contributed by atoms with E-state index in [0.29, 0.717) is 31.0 Å². The van der Waals surface area contributed by atoms with Crippen LogP contribution in [0.25, 0.3) is 0 Å². The van der Waals surface area contributed by atoms with E-state index in [0.717, 1.165) is 56.3 Å². The number of nitrogens with zero attached hydrogens (tertiary/aromatic N) is 4. The van der Waals surface area contributed by atoms with E-state index in [9.17, 15) is 23.1 Å². The molecule has 2 aliphatic rings. The van der Waals surface area contributed by atoms with Crippen molar-refractivity contribution in [3.05, 3.63) is 88.5 Å². The minimum absolute atomic E-state index is 0.0273. The molecule has 9 heteroatoms. The molecule has 0 bridgehead atoms. The first-order valence-corrected chi connectivity index (χ1v) is 15.1. The van der Waals surface area contributed by atoms with Gasteiger partial charge in [-0.3, -0.25) is 14.4 Å². The highest BCUT2D eigenvalue weighted by Crippen LogP contribution is 2.37. The Bertz CT molecular complexity index is 1390. The van der Waals surface area contributed by atoms with Crippen LogP contribution in [0.15, 0.2) is 48.5 Å². The van der Waals surface area contributed by atoms with Crippen LogP contribution in [0.5, 0.6) is 0 Å². The number of benzene rings is 2. The van der Waals surface area contributed by atoms with Crippen molar-refractivity contribution in [1.82, 2.24) is 19.6 Å². The molecule has 0 spiro atoms. The summed E-state index contributed by atoms with van der Waals surface area (Å²) in [6.07, 6.45) is 2.39. The van der Waals surface area contributed by atoms with Crippen molar-refractivity contribution in [3.63, 3.8) is 0 Å². The number of hydrogen-bond acceptors (Lipinski definition) is 4. The predicted molar refractivity (Wildman–Crippen MR) is 156 cm³/mol. The Hall–Kier alpha value is -3.17. The molecule has 1 aromatic heterocycles. The minimum Gasteiger partial charge on any atom is -0.480 e. The average Bonchev–Trinajstić information content (AvgIpc) is 3.55.